The van der Waals surface area contributed by atoms with Gasteiger partial charge in [0.15, 0.2) is 12.2 Å². The van der Waals surface area contributed by atoms with Crippen LogP contribution in [0.4, 0.5) is 0 Å². The van der Waals surface area contributed by atoms with E-state index >= 15 is 0 Å². The second kappa shape index (κ2) is 66.6. The molecule has 0 saturated heterocycles. The van der Waals surface area contributed by atoms with Crippen LogP contribution < -0.4 is 0 Å². The van der Waals surface area contributed by atoms with E-state index in [1.807, 2.05) is 0 Å². The normalized spacial score (nSPS) is 14.1. The number of ether oxygens (including phenoxy) is 4. The number of phosphoric acid groups is 2. The third-order valence-corrected chi connectivity index (χ3v) is 19.5. The molecule has 19 heteroatoms. The molecule has 3 N–H and O–H groups in total. The number of phosphoric ester groups is 2. The molecule has 0 rings (SSSR count). The van der Waals surface area contributed by atoms with E-state index in [0.717, 1.165) is 108 Å². The van der Waals surface area contributed by atoms with Crippen LogP contribution in [0.15, 0.2) is 0 Å². The fraction of sp³-hybridized carbons (Fsp3) is 0.947. The van der Waals surface area contributed by atoms with Crippen molar-refractivity contribution in [3.05, 3.63) is 0 Å². The summed E-state index contributed by atoms with van der Waals surface area (Å²) in [5.41, 5.74) is 0. The van der Waals surface area contributed by atoms with E-state index in [0.29, 0.717) is 25.7 Å². The van der Waals surface area contributed by atoms with Gasteiger partial charge in [0.1, 0.15) is 19.3 Å². The first-order valence-electron chi connectivity index (χ1n) is 39.3. The number of aliphatic hydroxyl groups excluding tert-OH is 1. The van der Waals surface area contributed by atoms with Gasteiger partial charge in [-0.15, -0.1) is 0 Å². The van der Waals surface area contributed by atoms with Gasteiger partial charge in [-0.05, 0) is 43.4 Å². The lowest BCUT2D eigenvalue weighted by Gasteiger charge is -2.21. The molecule has 0 saturated carbocycles. The Hall–Kier alpha value is -1.94. The van der Waals surface area contributed by atoms with Crippen LogP contribution in [0.3, 0.4) is 0 Å². The molecule has 0 bridgehead atoms. The summed E-state index contributed by atoms with van der Waals surface area (Å²) in [5.74, 6) is 0.146. The first-order valence-corrected chi connectivity index (χ1v) is 42.3. The van der Waals surface area contributed by atoms with Gasteiger partial charge in [0.05, 0.1) is 26.4 Å². The summed E-state index contributed by atoms with van der Waals surface area (Å²) in [6.07, 6.45) is 52.7. The third kappa shape index (κ3) is 70.3. The number of aliphatic hydroxyl groups is 1. The van der Waals surface area contributed by atoms with Crippen molar-refractivity contribution in [2.75, 3.05) is 39.6 Å². The van der Waals surface area contributed by atoms with Crippen molar-refractivity contribution in [3.63, 3.8) is 0 Å². The highest BCUT2D eigenvalue weighted by atomic mass is 31.2. The van der Waals surface area contributed by atoms with Crippen molar-refractivity contribution in [2.24, 2.45) is 17.8 Å². The predicted molar refractivity (Wildman–Crippen MR) is 386 cm³/mol. The Morgan fingerprint density at radius 2 is 0.484 bits per heavy atom. The summed E-state index contributed by atoms with van der Waals surface area (Å²) >= 11 is 0. The van der Waals surface area contributed by atoms with Gasteiger partial charge in [-0.3, -0.25) is 37.3 Å². The van der Waals surface area contributed by atoms with Crippen molar-refractivity contribution in [3.8, 4) is 0 Å². The zero-order chi connectivity index (χ0) is 70.1. The maximum absolute atomic E-state index is 13.1. The molecule has 564 valence electrons. The molecule has 0 amide bonds. The fourth-order valence-electron chi connectivity index (χ4n) is 11.6. The number of hydrogen-bond donors (Lipinski definition) is 3. The fourth-order valence-corrected chi connectivity index (χ4v) is 13.2. The quantitative estimate of drug-likeness (QED) is 0.0222. The highest BCUT2D eigenvalue weighted by molar-refractivity contribution is 7.47. The summed E-state index contributed by atoms with van der Waals surface area (Å²) in [4.78, 5) is 72.8. The van der Waals surface area contributed by atoms with E-state index in [-0.39, 0.29) is 25.7 Å². The van der Waals surface area contributed by atoms with Gasteiger partial charge in [-0.2, -0.15) is 0 Å². The summed E-state index contributed by atoms with van der Waals surface area (Å²) in [7, 11) is -9.91. The average Bonchev–Trinajstić information content (AvgIpc) is 2.45. The maximum Gasteiger partial charge on any atom is 0.472 e. The molecule has 0 aromatic heterocycles. The Labute approximate surface area is 581 Å². The van der Waals surface area contributed by atoms with Gasteiger partial charge < -0.3 is 33.8 Å². The number of hydrogen-bond acceptors (Lipinski definition) is 15. The van der Waals surface area contributed by atoms with Gasteiger partial charge in [0.2, 0.25) is 0 Å². The van der Waals surface area contributed by atoms with Crippen molar-refractivity contribution in [1.29, 1.82) is 0 Å². The van der Waals surface area contributed by atoms with Gasteiger partial charge in [-0.25, -0.2) is 9.13 Å². The lowest BCUT2D eigenvalue weighted by atomic mass is 10.0. The largest absolute Gasteiger partial charge is 0.472 e. The van der Waals surface area contributed by atoms with Crippen molar-refractivity contribution in [1.82, 2.24) is 0 Å². The van der Waals surface area contributed by atoms with Crippen LogP contribution in [0, 0.1) is 17.8 Å². The topological polar surface area (TPSA) is 237 Å². The minimum Gasteiger partial charge on any atom is -0.462 e. The van der Waals surface area contributed by atoms with Gasteiger partial charge in [-0.1, -0.05) is 337 Å². The molecule has 0 aliphatic heterocycles. The number of carbonyl (C=O) groups is 4. The van der Waals surface area contributed by atoms with Crippen LogP contribution in [-0.2, 0) is 65.4 Å². The molecular formula is C76H148O17P2. The van der Waals surface area contributed by atoms with E-state index < -0.39 is 97.5 Å². The summed E-state index contributed by atoms with van der Waals surface area (Å²) in [5, 5.41) is 10.6. The molecular weight excluding hydrogens is 1250 g/mol. The summed E-state index contributed by atoms with van der Waals surface area (Å²) in [6.45, 7) is 11.9. The lowest BCUT2D eigenvalue weighted by molar-refractivity contribution is -0.161. The SMILES string of the molecule is CCCCCCCCCCCCCCCCCCC(=O)O[C@H](COC(=O)CCCCCCCCCCCCCC(C)C)COP(=O)(O)OC[C@@H](O)COP(=O)(O)OC[C@@H](COC(=O)CCCCCCCCCCC(C)C)OC(=O)CCCCCCCCCCCCCC(C)C. The van der Waals surface area contributed by atoms with Gasteiger partial charge in [0.25, 0.3) is 0 Å². The molecule has 0 aromatic carbocycles. The molecule has 95 heavy (non-hydrogen) atoms. The Morgan fingerprint density at radius 3 is 0.716 bits per heavy atom. The first-order chi connectivity index (χ1) is 45.7. The summed E-state index contributed by atoms with van der Waals surface area (Å²) in [6, 6.07) is 0. The Morgan fingerprint density at radius 1 is 0.284 bits per heavy atom. The van der Waals surface area contributed by atoms with Crippen LogP contribution in [0.5, 0.6) is 0 Å². The Bertz CT molecular complexity index is 1850. The molecule has 0 spiro atoms. The molecule has 0 heterocycles. The van der Waals surface area contributed by atoms with Crippen LogP contribution in [0.25, 0.3) is 0 Å². The second-order valence-electron chi connectivity index (χ2n) is 28.8. The van der Waals surface area contributed by atoms with Crippen molar-refractivity contribution in [2.45, 2.75) is 407 Å². The minimum absolute atomic E-state index is 0.106. The average molecular weight is 1400 g/mol. The van der Waals surface area contributed by atoms with Gasteiger partial charge in [0, 0.05) is 25.7 Å². The molecule has 0 aromatic rings. The Kier molecular flexibility index (Phi) is 65.2. The molecule has 2 unspecified atom stereocenters. The highest BCUT2D eigenvalue weighted by Gasteiger charge is 2.30. The highest BCUT2D eigenvalue weighted by Crippen LogP contribution is 2.45. The minimum atomic E-state index is -4.96. The molecule has 5 atom stereocenters. The number of unbranched alkanes of at least 4 members (excludes halogenated alkanes) is 42. The van der Waals surface area contributed by atoms with E-state index in [9.17, 15) is 43.2 Å². The van der Waals surface area contributed by atoms with Gasteiger partial charge >= 0.3 is 39.5 Å². The molecule has 0 aliphatic carbocycles. The van der Waals surface area contributed by atoms with Crippen LogP contribution in [0.1, 0.15) is 389 Å². The molecule has 0 radical (unpaired) electrons. The molecule has 17 nitrogen and oxygen atoms in total. The van der Waals surface area contributed by atoms with Crippen molar-refractivity contribution >= 4 is 39.5 Å². The number of esters is 4. The standard InChI is InChI=1S/C76H148O17P2/c1-8-9-10-11-12-13-14-15-16-17-18-23-29-38-45-52-59-75(80)92-71(63-86-73(78)57-50-43-36-28-24-19-21-26-33-40-47-54-67(2)3)65-90-94(82,83)88-61-70(77)62-89-95(84,85)91-66-72(64-87-74(79)58-51-44-37-32-31-35-42-49-56-69(6)7)93-76(81)60-53-46-39-30-25-20-22-27-34-41-48-55-68(4)5/h67-72,77H,8-66H2,1-7H3,(H,82,83)(H,84,85)/t70-,71-,72-/m1/s1. The van der Waals surface area contributed by atoms with E-state index in [4.69, 9.17) is 37.0 Å². The third-order valence-electron chi connectivity index (χ3n) is 17.6. The number of rotatable bonds is 74. The smallest absolute Gasteiger partial charge is 0.462 e. The van der Waals surface area contributed by atoms with Crippen LogP contribution in [-0.4, -0.2) is 96.7 Å². The first kappa shape index (κ1) is 93.1. The second-order valence-corrected chi connectivity index (χ2v) is 31.7. The van der Waals surface area contributed by atoms with E-state index in [1.165, 1.54) is 199 Å². The zero-order valence-electron chi connectivity index (χ0n) is 62.1. The van der Waals surface area contributed by atoms with E-state index in [2.05, 4.69) is 48.5 Å². The number of carbonyl (C=O) groups excluding carboxylic acids is 4. The monoisotopic (exact) mass is 1400 g/mol. The maximum atomic E-state index is 13.1. The lowest BCUT2D eigenvalue weighted by Crippen LogP contribution is -2.30. The zero-order valence-corrected chi connectivity index (χ0v) is 63.9. The van der Waals surface area contributed by atoms with Crippen LogP contribution in [0.2, 0.25) is 0 Å². The predicted octanol–water partition coefficient (Wildman–Crippen LogP) is 22.2. The Balaban J connectivity index is 5.26. The molecule has 0 fully saturated rings. The van der Waals surface area contributed by atoms with E-state index in [1.54, 1.807) is 0 Å². The molecule has 0 aliphatic rings. The van der Waals surface area contributed by atoms with Crippen molar-refractivity contribution < 1.29 is 80.2 Å². The van der Waals surface area contributed by atoms with Crippen LogP contribution >= 0.6 is 15.6 Å². The summed E-state index contributed by atoms with van der Waals surface area (Å²) < 4.78 is 68.6.